The van der Waals surface area contributed by atoms with Crippen LogP contribution in [0.5, 0.6) is 0 Å². The predicted molar refractivity (Wildman–Crippen MR) is 110 cm³/mol. The lowest BCUT2D eigenvalue weighted by Crippen LogP contribution is -2.55. The molecule has 1 aliphatic heterocycles. The average molecular weight is 412 g/mol. The van der Waals surface area contributed by atoms with Crippen LogP contribution in [0.15, 0.2) is 60.7 Å². The van der Waals surface area contributed by atoms with Gasteiger partial charge in [-0.25, -0.2) is 4.39 Å². The first kappa shape index (κ1) is 20.9. The van der Waals surface area contributed by atoms with E-state index < -0.39 is 37.1 Å². The first-order valence-electron chi connectivity index (χ1n) is 9.99. The molecule has 1 heterocycles. The number of benzene rings is 1. The van der Waals surface area contributed by atoms with Crippen LogP contribution in [0.3, 0.4) is 0 Å². The summed E-state index contributed by atoms with van der Waals surface area (Å²) < 4.78 is 20.4. The van der Waals surface area contributed by atoms with Crippen LogP contribution < -0.4 is 0 Å². The Morgan fingerprint density at radius 3 is 2.20 bits per heavy atom. The topological polar surface area (TPSA) is 90.2 Å². The molecular formula is C24H25FO5. The number of hydrogen-bond donors (Lipinski definition) is 4. The Morgan fingerprint density at radius 2 is 1.57 bits per heavy atom. The quantitative estimate of drug-likeness (QED) is 0.529. The molecule has 1 fully saturated rings. The number of aliphatic hydroxyl groups excluding tert-OH is 4. The lowest BCUT2D eigenvalue weighted by Gasteiger charge is -2.40. The Kier molecular flexibility index (Phi) is 5.86. The van der Waals surface area contributed by atoms with Crippen LogP contribution in [0.1, 0.15) is 35.6 Å². The van der Waals surface area contributed by atoms with Gasteiger partial charge in [-0.05, 0) is 39.9 Å². The van der Waals surface area contributed by atoms with Crippen LogP contribution in [0, 0.1) is 5.82 Å². The van der Waals surface area contributed by atoms with Gasteiger partial charge in [0.25, 0.3) is 0 Å². The summed E-state index contributed by atoms with van der Waals surface area (Å²) in [5.74, 6) is -0.640. The minimum atomic E-state index is -1.48. The molecule has 6 atom stereocenters. The van der Waals surface area contributed by atoms with Crippen molar-refractivity contribution in [3.05, 3.63) is 83.2 Å². The van der Waals surface area contributed by atoms with E-state index in [0.29, 0.717) is 11.1 Å². The Hall–Kier alpha value is -2.35. The van der Waals surface area contributed by atoms with Crippen LogP contribution in [0.2, 0.25) is 0 Å². The zero-order valence-electron chi connectivity index (χ0n) is 16.5. The van der Waals surface area contributed by atoms with Gasteiger partial charge in [-0.15, -0.1) is 0 Å². The first-order valence-corrected chi connectivity index (χ1v) is 9.99. The van der Waals surface area contributed by atoms with Gasteiger partial charge in [-0.3, -0.25) is 0 Å². The number of aliphatic hydroxyl groups is 4. The number of hydrogen-bond acceptors (Lipinski definition) is 5. The van der Waals surface area contributed by atoms with E-state index in [4.69, 9.17) is 4.74 Å². The minimum absolute atomic E-state index is 0.257. The maximum Gasteiger partial charge on any atom is 0.127 e. The van der Waals surface area contributed by atoms with E-state index in [0.717, 1.165) is 16.7 Å². The van der Waals surface area contributed by atoms with Gasteiger partial charge in [0.2, 0.25) is 0 Å². The summed E-state index contributed by atoms with van der Waals surface area (Å²) in [5, 5.41) is 39.9. The molecule has 1 saturated heterocycles. The summed E-state index contributed by atoms with van der Waals surface area (Å²) in [7, 11) is 0. The molecular weight excluding hydrogens is 387 g/mol. The van der Waals surface area contributed by atoms with Gasteiger partial charge in [0, 0.05) is 5.92 Å². The van der Waals surface area contributed by atoms with Crippen LogP contribution in [-0.2, 0) is 4.74 Å². The molecule has 5 nitrogen and oxygen atoms in total. The van der Waals surface area contributed by atoms with Crippen molar-refractivity contribution in [2.75, 3.05) is 6.61 Å². The second kappa shape index (κ2) is 8.41. The molecule has 4 N–H and O–H groups in total. The normalized spacial score (nSPS) is 27.9. The Labute approximate surface area is 174 Å². The largest absolute Gasteiger partial charge is 0.394 e. The van der Waals surface area contributed by atoms with Crippen molar-refractivity contribution in [2.24, 2.45) is 0 Å². The lowest BCUT2D eigenvalue weighted by molar-refractivity contribution is -0.231. The second-order valence-electron chi connectivity index (χ2n) is 7.86. The molecule has 1 aromatic carbocycles. The van der Waals surface area contributed by atoms with Gasteiger partial charge >= 0.3 is 0 Å². The standard InChI is InChI=1S/C24H25FO5/c1-13(17-9-14-5-3-2-4-6-15(14)10-17)18-11-16(7-8-19(18)25)24-23(29)22(28)21(27)20(12-26)30-24/h2-11,13,20-24,26-29H,12H2,1H3/t13?,20-,21-,22+,23-,24+/m1/s1. The summed E-state index contributed by atoms with van der Waals surface area (Å²) in [6.07, 6.45) is -6.32. The third-order valence-electron chi connectivity index (χ3n) is 5.96. The SMILES string of the molecule is CC(c1cc2cccccc-2c1)c1cc([C@@H]2O[C@H](CO)[C@@H](O)[C@H](O)[C@H]2O)ccc1F. The molecule has 0 spiro atoms. The summed E-state index contributed by atoms with van der Waals surface area (Å²) in [4.78, 5) is 0. The number of ether oxygens (including phenoxy) is 1. The third kappa shape index (κ3) is 3.73. The highest BCUT2D eigenvalue weighted by Crippen LogP contribution is 2.37. The fourth-order valence-corrected chi connectivity index (χ4v) is 4.12. The molecule has 1 unspecified atom stereocenters. The van der Waals surface area contributed by atoms with E-state index in [1.54, 1.807) is 6.07 Å². The van der Waals surface area contributed by atoms with E-state index in [2.05, 4.69) is 0 Å². The molecule has 4 rings (SSSR count). The van der Waals surface area contributed by atoms with Crippen molar-refractivity contribution in [3.63, 3.8) is 0 Å². The van der Waals surface area contributed by atoms with Gasteiger partial charge < -0.3 is 25.2 Å². The molecule has 30 heavy (non-hydrogen) atoms. The van der Waals surface area contributed by atoms with Crippen molar-refractivity contribution < 1.29 is 29.6 Å². The molecule has 1 aromatic rings. The first-order chi connectivity index (χ1) is 14.4. The molecule has 6 heteroatoms. The minimum Gasteiger partial charge on any atom is -0.394 e. The van der Waals surface area contributed by atoms with Crippen molar-refractivity contribution in [2.45, 2.75) is 43.4 Å². The average Bonchev–Trinajstić information content (AvgIpc) is 3.03. The summed E-state index contributed by atoms with van der Waals surface area (Å²) in [6.45, 7) is 1.40. The van der Waals surface area contributed by atoms with Gasteiger partial charge in [-0.2, -0.15) is 0 Å². The van der Waals surface area contributed by atoms with E-state index in [1.807, 2.05) is 49.4 Å². The summed E-state index contributed by atoms with van der Waals surface area (Å²) >= 11 is 0. The van der Waals surface area contributed by atoms with E-state index >= 15 is 0 Å². The highest BCUT2D eigenvalue weighted by molar-refractivity contribution is 5.69. The number of halogens is 1. The van der Waals surface area contributed by atoms with Crippen molar-refractivity contribution in [3.8, 4) is 11.1 Å². The summed E-state index contributed by atoms with van der Waals surface area (Å²) in [6, 6.07) is 18.3. The van der Waals surface area contributed by atoms with Gasteiger partial charge in [-0.1, -0.05) is 55.5 Å². The van der Waals surface area contributed by atoms with Crippen LogP contribution in [0.25, 0.3) is 11.1 Å². The summed E-state index contributed by atoms with van der Waals surface area (Å²) in [5.41, 5.74) is 3.99. The van der Waals surface area contributed by atoms with Crippen molar-refractivity contribution >= 4 is 0 Å². The maximum absolute atomic E-state index is 14.7. The lowest BCUT2D eigenvalue weighted by atomic mass is 9.88. The zero-order chi connectivity index (χ0) is 21.4. The molecule has 158 valence electrons. The third-order valence-corrected chi connectivity index (χ3v) is 5.96. The van der Waals surface area contributed by atoms with E-state index in [1.165, 1.54) is 12.1 Å². The van der Waals surface area contributed by atoms with E-state index in [9.17, 15) is 24.8 Å². The fraction of sp³-hybridized carbons (Fsp3) is 0.333. The molecule has 0 amide bonds. The van der Waals surface area contributed by atoms with Crippen molar-refractivity contribution in [1.29, 1.82) is 0 Å². The Bertz CT molecular complexity index is 960. The number of fused-ring (bicyclic) bond motifs is 1. The fourth-order valence-electron chi connectivity index (χ4n) is 4.12. The Balaban J connectivity index is 1.68. The van der Waals surface area contributed by atoms with Gasteiger partial charge in [0.05, 0.1) is 6.61 Å². The molecule has 2 aliphatic carbocycles. The molecule has 0 radical (unpaired) electrons. The van der Waals surface area contributed by atoms with E-state index in [-0.39, 0.29) is 11.7 Å². The van der Waals surface area contributed by atoms with Crippen LogP contribution in [-0.4, -0.2) is 51.4 Å². The maximum atomic E-state index is 14.7. The van der Waals surface area contributed by atoms with Gasteiger partial charge in [0.15, 0.2) is 0 Å². The Morgan fingerprint density at radius 1 is 0.900 bits per heavy atom. The smallest absolute Gasteiger partial charge is 0.127 e. The molecule has 0 aromatic heterocycles. The van der Waals surface area contributed by atoms with Crippen molar-refractivity contribution in [1.82, 2.24) is 0 Å². The van der Waals surface area contributed by atoms with Crippen LogP contribution in [0.4, 0.5) is 4.39 Å². The monoisotopic (exact) mass is 412 g/mol. The molecule has 3 aliphatic rings. The highest BCUT2D eigenvalue weighted by Gasteiger charge is 2.44. The highest BCUT2D eigenvalue weighted by atomic mass is 19.1. The predicted octanol–water partition coefficient (Wildman–Crippen LogP) is 2.60. The zero-order valence-corrected chi connectivity index (χ0v) is 16.5. The molecule has 0 saturated carbocycles. The number of rotatable bonds is 4. The molecule has 0 bridgehead atoms. The van der Waals surface area contributed by atoms with Crippen LogP contribution >= 0.6 is 0 Å². The second-order valence-corrected chi connectivity index (χ2v) is 7.86. The van der Waals surface area contributed by atoms with Gasteiger partial charge in [0.1, 0.15) is 36.3 Å².